The van der Waals surface area contributed by atoms with Gasteiger partial charge in [-0.3, -0.25) is 24.1 Å². The van der Waals surface area contributed by atoms with Crippen LogP contribution in [0.4, 0.5) is 0 Å². The third kappa shape index (κ3) is 4.38. The number of rotatable bonds is 5. The van der Waals surface area contributed by atoms with Crippen molar-refractivity contribution < 1.29 is 9.59 Å². The monoisotopic (exact) mass is 388 g/mol. The number of piperazine rings is 1. The Kier molecular flexibility index (Phi) is 5.96. The van der Waals surface area contributed by atoms with Crippen molar-refractivity contribution in [3.63, 3.8) is 0 Å². The van der Waals surface area contributed by atoms with Gasteiger partial charge in [-0.15, -0.1) is 0 Å². The number of carbonyl (C=O) groups excluding carboxylic acids is 2. The second-order valence-corrected chi connectivity index (χ2v) is 8.34. The smallest absolute Gasteiger partial charge is 0.236 e. The van der Waals surface area contributed by atoms with Crippen molar-refractivity contribution >= 4 is 11.8 Å². The van der Waals surface area contributed by atoms with E-state index in [0.717, 1.165) is 77.1 Å². The largest absolute Gasteiger partial charge is 0.342 e. The number of amides is 2. The highest BCUT2D eigenvalue weighted by Crippen LogP contribution is 2.25. The van der Waals surface area contributed by atoms with Crippen molar-refractivity contribution in [3.05, 3.63) is 18.0 Å². The van der Waals surface area contributed by atoms with Crippen LogP contribution in [0.25, 0.3) is 0 Å². The predicted molar refractivity (Wildman–Crippen MR) is 106 cm³/mol. The molecule has 0 radical (unpaired) electrons. The molecule has 0 N–H and O–H groups in total. The molecule has 0 aromatic carbocycles. The third-order valence-electron chi connectivity index (χ3n) is 6.30. The molecule has 3 saturated heterocycles. The lowest BCUT2D eigenvalue weighted by atomic mass is 10.1. The Morgan fingerprint density at radius 3 is 2.11 bits per heavy atom. The summed E-state index contributed by atoms with van der Waals surface area (Å²) < 4.78 is 1.81. The fourth-order valence-electron chi connectivity index (χ4n) is 4.64. The first-order chi connectivity index (χ1) is 13.6. The lowest BCUT2D eigenvalue weighted by Gasteiger charge is -2.41. The molecule has 0 bridgehead atoms. The quantitative estimate of drug-likeness (QED) is 0.727. The molecular weight excluding hydrogens is 356 g/mol. The van der Waals surface area contributed by atoms with Crippen LogP contribution in [0.2, 0.25) is 0 Å². The van der Waals surface area contributed by atoms with Crippen molar-refractivity contribution in [2.75, 3.05) is 58.9 Å². The van der Waals surface area contributed by atoms with Gasteiger partial charge in [0.2, 0.25) is 11.8 Å². The standard InChI is InChI=1S/C20H32N6O2/c1-22-13-17(12-21-22)18-14-23(15-19(27)24-6-2-3-7-24)10-11-26(18)16-20(28)25-8-4-5-9-25/h12-13,18H,2-11,14-16H2,1H3. The molecule has 3 aliphatic heterocycles. The van der Waals surface area contributed by atoms with Gasteiger partial charge in [-0.05, 0) is 25.7 Å². The minimum absolute atomic E-state index is 0.0976. The Bertz CT molecular complexity index is 693. The first-order valence-electron chi connectivity index (χ1n) is 10.6. The van der Waals surface area contributed by atoms with Crippen LogP contribution in [0.3, 0.4) is 0 Å². The van der Waals surface area contributed by atoms with E-state index in [1.54, 1.807) is 0 Å². The lowest BCUT2D eigenvalue weighted by Crippen LogP contribution is -2.53. The number of hydrogen-bond acceptors (Lipinski definition) is 5. The van der Waals surface area contributed by atoms with Gasteiger partial charge in [0.05, 0.1) is 25.3 Å². The molecule has 0 aliphatic carbocycles. The van der Waals surface area contributed by atoms with Gasteiger partial charge in [0.25, 0.3) is 0 Å². The molecule has 154 valence electrons. The van der Waals surface area contributed by atoms with Crippen molar-refractivity contribution in [3.8, 4) is 0 Å². The summed E-state index contributed by atoms with van der Waals surface area (Å²) in [4.78, 5) is 33.8. The van der Waals surface area contributed by atoms with E-state index in [1.165, 1.54) is 0 Å². The van der Waals surface area contributed by atoms with E-state index in [0.29, 0.717) is 13.1 Å². The first-order valence-corrected chi connectivity index (χ1v) is 10.6. The van der Waals surface area contributed by atoms with E-state index < -0.39 is 0 Å². The summed E-state index contributed by atoms with van der Waals surface area (Å²) in [5, 5.41) is 4.33. The highest BCUT2D eigenvalue weighted by atomic mass is 16.2. The van der Waals surface area contributed by atoms with E-state index in [4.69, 9.17) is 0 Å². The molecule has 3 fully saturated rings. The molecule has 8 heteroatoms. The molecule has 3 aliphatic rings. The van der Waals surface area contributed by atoms with Crippen molar-refractivity contribution in [2.24, 2.45) is 7.05 Å². The number of nitrogens with zero attached hydrogens (tertiary/aromatic N) is 6. The van der Waals surface area contributed by atoms with E-state index >= 15 is 0 Å². The number of hydrogen-bond donors (Lipinski definition) is 0. The molecule has 1 aromatic heterocycles. The normalized spacial score (nSPS) is 24.2. The second kappa shape index (κ2) is 8.61. The maximum absolute atomic E-state index is 12.7. The highest BCUT2D eigenvalue weighted by Gasteiger charge is 2.33. The van der Waals surface area contributed by atoms with Crippen LogP contribution < -0.4 is 0 Å². The maximum atomic E-state index is 12.7. The van der Waals surface area contributed by atoms with E-state index in [2.05, 4.69) is 14.9 Å². The van der Waals surface area contributed by atoms with E-state index in [1.807, 2.05) is 33.9 Å². The summed E-state index contributed by atoms with van der Waals surface area (Å²) in [6.07, 6.45) is 8.40. The van der Waals surface area contributed by atoms with Gasteiger partial charge in [-0.25, -0.2) is 0 Å². The molecule has 1 aromatic rings. The van der Waals surface area contributed by atoms with Crippen LogP contribution in [0.1, 0.15) is 37.3 Å². The fourth-order valence-corrected chi connectivity index (χ4v) is 4.64. The summed E-state index contributed by atoms with van der Waals surface area (Å²) >= 11 is 0. The molecule has 2 amide bonds. The number of aryl methyl sites for hydroxylation is 1. The zero-order valence-electron chi connectivity index (χ0n) is 16.9. The average Bonchev–Trinajstić information content (AvgIpc) is 3.45. The third-order valence-corrected chi connectivity index (χ3v) is 6.30. The van der Waals surface area contributed by atoms with Crippen molar-refractivity contribution in [1.82, 2.24) is 29.4 Å². The van der Waals surface area contributed by atoms with Gasteiger partial charge in [0.15, 0.2) is 0 Å². The van der Waals surface area contributed by atoms with Crippen LogP contribution in [0, 0.1) is 0 Å². The maximum Gasteiger partial charge on any atom is 0.236 e. The van der Waals surface area contributed by atoms with Crippen LogP contribution in [-0.2, 0) is 16.6 Å². The zero-order chi connectivity index (χ0) is 19.5. The molecular formula is C20H32N6O2. The van der Waals surface area contributed by atoms with Crippen LogP contribution in [0.5, 0.6) is 0 Å². The molecule has 4 rings (SSSR count). The lowest BCUT2D eigenvalue weighted by molar-refractivity contribution is -0.135. The molecule has 0 spiro atoms. The molecule has 0 saturated carbocycles. The number of carbonyl (C=O) groups is 2. The molecule has 8 nitrogen and oxygen atoms in total. The number of aromatic nitrogens is 2. The Hall–Kier alpha value is -1.93. The van der Waals surface area contributed by atoms with Gasteiger partial charge in [-0.2, -0.15) is 5.10 Å². The van der Waals surface area contributed by atoms with Gasteiger partial charge in [0.1, 0.15) is 0 Å². The van der Waals surface area contributed by atoms with E-state index in [-0.39, 0.29) is 17.9 Å². The molecule has 1 atom stereocenters. The molecule has 4 heterocycles. The van der Waals surface area contributed by atoms with Crippen LogP contribution >= 0.6 is 0 Å². The Morgan fingerprint density at radius 1 is 0.929 bits per heavy atom. The van der Waals surface area contributed by atoms with Crippen LogP contribution in [0.15, 0.2) is 12.4 Å². The average molecular weight is 389 g/mol. The minimum Gasteiger partial charge on any atom is -0.342 e. The Labute approximate surface area is 167 Å². The fraction of sp³-hybridized carbons (Fsp3) is 0.750. The molecule has 28 heavy (non-hydrogen) atoms. The van der Waals surface area contributed by atoms with Crippen LogP contribution in [-0.4, -0.2) is 100 Å². The SMILES string of the molecule is Cn1cc(C2CN(CC(=O)N3CCCC3)CCN2CC(=O)N2CCCC2)cn1. The zero-order valence-corrected chi connectivity index (χ0v) is 16.9. The van der Waals surface area contributed by atoms with Crippen molar-refractivity contribution in [1.29, 1.82) is 0 Å². The summed E-state index contributed by atoms with van der Waals surface area (Å²) in [5.41, 5.74) is 1.12. The Balaban J connectivity index is 1.42. The number of likely N-dealkylation sites (tertiary alicyclic amines) is 2. The Morgan fingerprint density at radius 2 is 1.54 bits per heavy atom. The van der Waals surface area contributed by atoms with Crippen molar-refractivity contribution in [2.45, 2.75) is 31.7 Å². The summed E-state index contributed by atoms with van der Waals surface area (Å²) in [7, 11) is 1.92. The predicted octanol–water partition coefficient (Wildman–Crippen LogP) is 0.324. The van der Waals surface area contributed by atoms with Gasteiger partial charge >= 0.3 is 0 Å². The highest BCUT2D eigenvalue weighted by molar-refractivity contribution is 5.79. The van der Waals surface area contributed by atoms with E-state index in [9.17, 15) is 9.59 Å². The second-order valence-electron chi connectivity index (χ2n) is 8.34. The van der Waals surface area contributed by atoms with Gasteiger partial charge < -0.3 is 9.80 Å². The minimum atomic E-state index is 0.0976. The summed E-state index contributed by atoms with van der Waals surface area (Å²) in [6.45, 7) is 6.89. The summed E-state index contributed by atoms with van der Waals surface area (Å²) in [6, 6.07) is 0.0976. The van der Waals surface area contributed by atoms with Gasteiger partial charge in [-0.1, -0.05) is 0 Å². The summed E-state index contributed by atoms with van der Waals surface area (Å²) in [5.74, 6) is 0.469. The topological polar surface area (TPSA) is 64.9 Å². The van der Waals surface area contributed by atoms with Gasteiger partial charge in [0, 0.05) is 64.6 Å². The first kappa shape index (κ1) is 19.4. The molecule has 1 unspecified atom stereocenters.